The van der Waals surface area contributed by atoms with Crippen LogP contribution in [0, 0.1) is 11.8 Å². The Kier molecular flexibility index (Phi) is 5.80. The zero-order valence-corrected chi connectivity index (χ0v) is 13.9. The van der Waals surface area contributed by atoms with Crippen LogP contribution in [0.25, 0.3) is 10.9 Å². The van der Waals surface area contributed by atoms with E-state index in [-0.39, 0.29) is 0 Å². The van der Waals surface area contributed by atoms with E-state index >= 15 is 0 Å². The quantitative estimate of drug-likeness (QED) is 0.747. The molecule has 1 aromatic carbocycles. The van der Waals surface area contributed by atoms with Crippen molar-refractivity contribution in [1.29, 1.82) is 0 Å². The average molecular weight is 287 g/mol. The fraction of sp³-hybridized carbons (Fsp3) is 0.611. The Bertz CT molecular complexity index is 559. The number of benzene rings is 1. The van der Waals surface area contributed by atoms with Crippen molar-refractivity contribution in [2.24, 2.45) is 11.8 Å². The van der Waals surface area contributed by atoms with E-state index in [4.69, 9.17) is 5.10 Å². The van der Waals surface area contributed by atoms with Gasteiger partial charge in [0.2, 0.25) is 0 Å². The highest BCUT2D eigenvalue weighted by molar-refractivity contribution is 5.81. The molecule has 0 saturated carbocycles. The van der Waals surface area contributed by atoms with E-state index < -0.39 is 0 Å². The van der Waals surface area contributed by atoms with E-state index in [0.29, 0.717) is 11.8 Å². The number of hydrogen-bond donors (Lipinski definition) is 1. The van der Waals surface area contributed by atoms with Crippen LogP contribution in [0.5, 0.6) is 0 Å². The van der Waals surface area contributed by atoms with Crippen LogP contribution in [0.1, 0.15) is 39.8 Å². The topological polar surface area (TPSA) is 29.9 Å². The molecule has 0 amide bonds. The summed E-state index contributed by atoms with van der Waals surface area (Å²) >= 11 is 0. The monoisotopic (exact) mass is 287 g/mol. The van der Waals surface area contributed by atoms with Crippen molar-refractivity contribution >= 4 is 10.9 Å². The van der Waals surface area contributed by atoms with Crippen molar-refractivity contribution in [2.45, 2.75) is 47.1 Å². The Hall–Kier alpha value is -1.35. The molecule has 0 aliphatic heterocycles. The zero-order valence-electron chi connectivity index (χ0n) is 13.9. The third-order valence-corrected chi connectivity index (χ3v) is 4.41. The summed E-state index contributed by atoms with van der Waals surface area (Å²) in [5, 5.41) is 9.67. The highest BCUT2D eigenvalue weighted by Gasteiger charge is 2.17. The van der Waals surface area contributed by atoms with Gasteiger partial charge in [0.15, 0.2) is 0 Å². The lowest BCUT2D eigenvalue weighted by Gasteiger charge is -2.19. The standard InChI is InChI=1S/C18H29N3/c1-5-11-19-13-15(4)14(3)12-17-16-9-7-8-10-18(16)21(6-2)20-17/h7-10,14-15,19H,5-6,11-13H2,1-4H3. The maximum atomic E-state index is 4.82. The van der Waals surface area contributed by atoms with E-state index in [1.54, 1.807) is 0 Å². The summed E-state index contributed by atoms with van der Waals surface area (Å²) in [7, 11) is 0. The summed E-state index contributed by atoms with van der Waals surface area (Å²) < 4.78 is 2.12. The minimum atomic E-state index is 0.637. The third kappa shape index (κ3) is 3.85. The van der Waals surface area contributed by atoms with E-state index in [2.05, 4.69) is 62.0 Å². The molecule has 1 N–H and O–H groups in total. The van der Waals surface area contributed by atoms with Gasteiger partial charge in [-0.25, -0.2) is 0 Å². The first-order chi connectivity index (χ1) is 10.2. The number of hydrogen-bond acceptors (Lipinski definition) is 2. The van der Waals surface area contributed by atoms with Gasteiger partial charge in [0.05, 0.1) is 11.2 Å². The van der Waals surface area contributed by atoms with Crippen LogP contribution in [0.3, 0.4) is 0 Å². The Morgan fingerprint density at radius 3 is 2.62 bits per heavy atom. The molecule has 2 unspecified atom stereocenters. The first kappa shape index (κ1) is 16.0. The van der Waals surface area contributed by atoms with Crippen LogP contribution < -0.4 is 5.32 Å². The molecule has 21 heavy (non-hydrogen) atoms. The Morgan fingerprint density at radius 2 is 1.90 bits per heavy atom. The van der Waals surface area contributed by atoms with Gasteiger partial charge < -0.3 is 5.32 Å². The van der Waals surface area contributed by atoms with Crippen LogP contribution in [0.15, 0.2) is 24.3 Å². The van der Waals surface area contributed by atoms with Gasteiger partial charge in [0.25, 0.3) is 0 Å². The van der Waals surface area contributed by atoms with Crippen molar-refractivity contribution in [3.63, 3.8) is 0 Å². The van der Waals surface area contributed by atoms with Crippen molar-refractivity contribution in [2.75, 3.05) is 13.1 Å². The highest BCUT2D eigenvalue weighted by atomic mass is 15.3. The van der Waals surface area contributed by atoms with Gasteiger partial charge in [0.1, 0.15) is 0 Å². The number of rotatable bonds is 8. The summed E-state index contributed by atoms with van der Waals surface area (Å²) in [5.41, 5.74) is 2.52. The van der Waals surface area contributed by atoms with Crippen molar-refractivity contribution in [3.05, 3.63) is 30.0 Å². The molecule has 2 atom stereocenters. The molecule has 0 aliphatic rings. The van der Waals surface area contributed by atoms with Crippen molar-refractivity contribution < 1.29 is 0 Å². The largest absolute Gasteiger partial charge is 0.316 e. The summed E-state index contributed by atoms with van der Waals surface area (Å²) in [6, 6.07) is 8.59. The van der Waals surface area contributed by atoms with Crippen molar-refractivity contribution in [3.8, 4) is 0 Å². The van der Waals surface area contributed by atoms with E-state index in [0.717, 1.165) is 26.1 Å². The van der Waals surface area contributed by atoms with E-state index in [9.17, 15) is 0 Å². The molecule has 0 radical (unpaired) electrons. The zero-order chi connectivity index (χ0) is 15.2. The fourth-order valence-corrected chi connectivity index (χ4v) is 2.80. The van der Waals surface area contributed by atoms with Crippen LogP contribution in [0.4, 0.5) is 0 Å². The third-order valence-electron chi connectivity index (χ3n) is 4.41. The smallest absolute Gasteiger partial charge is 0.0706 e. The molecule has 0 aliphatic carbocycles. The van der Waals surface area contributed by atoms with Crippen LogP contribution in [-0.4, -0.2) is 22.9 Å². The fourth-order valence-electron chi connectivity index (χ4n) is 2.80. The average Bonchev–Trinajstić information content (AvgIpc) is 2.85. The molecule has 3 heteroatoms. The maximum Gasteiger partial charge on any atom is 0.0706 e. The van der Waals surface area contributed by atoms with Gasteiger partial charge in [-0.1, -0.05) is 39.0 Å². The number of aromatic nitrogens is 2. The van der Waals surface area contributed by atoms with Gasteiger partial charge in [-0.05, 0) is 50.8 Å². The second-order valence-corrected chi connectivity index (χ2v) is 6.14. The number of fused-ring (bicyclic) bond motifs is 1. The lowest BCUT2D eigenvalue weighted by molar-refractivity contribution is 0.362. The molecule has 1 heterocycles. The second kappa shape index (κ2) is 7.60. The lowest BCUT2D eigenvalue weighted by Crippen LogP contribution is -2.26. The molecule has 2 rings (SSSR count). The first-order valence-electron chi connectivity index (χ1n) is 8.32. The second-order valence-electron chi connectivity index (χ2n) is 6.14. The molecule has 116 valence electrons. The number of nitrogens with one attached hydrogen (secondary N) is 1. The Labute approximate surface area is 128 Å². The normalized spacial score (nSPS) is 14.5. The molecule has 2 aromatic rings. The van der Waals surface area contributed by atoms with E-state index in [1.807, 2.05) is 0 Å². The molecular formula is C18H29N3. The highest BCUT2D eigenvalue weighted by Crippen LogP contribution is 2.23. The van der Waals surface area contributed by atoms with Gasteiger partial charge in [0, 0.05) is 11.9 Å². The lowest BCUT2D eigenvalue weighted by atomic mass is 9.90. The predicted molar refractivity (Wildman–Crippen MR) is 90.6 cm³/mol. The summed E-state index contributed by atoms with van der Waals surface area (Å²) in [4.78, 5) is 0. The first-order valence-corrected chi connectivity index (χ1v) is 8.32. The van der Waals surface area contributed by atoms with Crippen LogP contribution in [-0.2, 0) is 13.0 Å². The SMILES string of the molecule is CCCNCC(C)C(C)Cc1nn(CC)c2ccccc12. The van der Waals surface area contributed by atoms with Crippen LogP contribution >= 0.6 is 0 Å². The number of nitrogens with zero attached hydrogens (tertiary/aromatic N) is 2. The molecule has 0 fully saturated rings. The summed E-state index contributed by atoms with van der Waals surface area (Å²) in [6.07, 6.45) is 2.26. The Morgan fingerprint density at radius 1 is 1.14 bits per heavy atom. The summed E-state index contributed by atoms with van der Waals surface area (Å²) in [6.45, 7) is 12.2. The summed E-state index contributed by atoms with van der Waals surface area (Å²) in [5.74, 6) is 1.31. The predicted octanol–water partition coefficient (Wildman–Crippen LogP) is 3.87. The Balaban J connectivity index is 2.08. The molecule has 0 spiro atoms. The number of aryl methyl sites for hydroxylation is 1. The molecule has 3 nitrogen and oxygen atoms in total. The maximum absolute atomic E-state index is 4.82. The van der Waals surface area contributed by atoms with Crippen LogP contribution in [0.2, 0.25) is 0 Å². The van der Waals surface area contributed by atoms with Crippen molar-refractivity contribution in [1.82, 2.24) is 15.1 Å². The van der Waals surface area contributed by atoms with Gasteiger partial charge in [-0.15, -0.1) is 0 Å². The van der Waals surface area contributed by atoms with Gasteiger partial charge in [-0.3, -0.25) is 4.68 Å². The molecular weight excluding hydrogens is 258 g/mol. The molecule has 1 aromatic heterocycles. The number of para-hydroxylation sites is 1. The van der Waals surface area contributed by atoms with Gasteiger partial charge >= 0.3 is 0 Å². The minimum Gasteiger partial charge on any atom is -0.316 e. The minimum absolute atomic E-state index is 0.637. The van der Waals surface area contributed by atoms with E-state index in [1.165, 1.54) is 23.0 Å². The van der Waals surface area contributed by atoms with Gasteiger partial charge in [-0.2, -0.15) is 5.10 Å². The molecule has 0 bridgehead atoms. The molecule has 0 saturated heterocycles.